The van der Waals surface area contributed by atoms with E-state index in [2.05, 4.69) is 35.6 Å². The van der Waals surface area contributed by atoms with Gasteiger partial charge < -0.3 is 10.1 Å². The van der Waals surface area contributed by atoms with E-state index in [1.54, 1.807) is 11.3 Å². The molecule has 96 valence electrons. The molecule has 0 atom stereocenters. The lowest BCUT2D eigenvalue weighted by Gasteiger charge is -2.09. The Morgan fingerprint density at radius 1 is 1.33 bits per heavy atom. The molecule has 0 saturated carbocycles. The van der Waals surface area contributed by atoms with E-state index in [-0.39, 0.29) is 0 Å². The van der Waals surface area contributed by atoms with Crippen LogP contribution >= 0.6 is 11.3 Å². The van der Waals surface area contributed by atoms with E-state index in [1.165, 1.54) is 11.1 Å². The summed E-state index contributed by atoms with van der Waals surface area (Å²) in [5, 5.41) is 6.17. The summed E-state index contributed by atoms with van der Waals surface area (Å²) in [6, 6.07) is 6.12. The third kappa shape index (κ3) is 3.09. The van der Waals surface area contributed by atoms with Gasteiger partial charge in [0, 0.05) is 11.9 Å². The van der Waals surface area contributed by atoms with E-state index < -0.39 is 0 Å². The van der Waals surface area contributed by atoms with E-state index in [0.29, 0.717) is 6.61 Å². The maximum Gasteiger partial charge on any atom is 0.140 e. The Morgan fingerprint density at radius 2 is 2.17 bits per heavy atom. The smallest absolute Gasteiger partial charge is 0.140 e. The standard InChI is InChI=1S/C14H18N2OS/c1-10-5-4-6-13(11(10)2)17-8-14-16-12(7-15-3)9-18-14/h4-6,9,15H,7-8H2,1-3H3. The van der Waals surface area contributed by atoms with E-state index >= 15 is 0 Å². The van der Waals surface area contributed by atoms with Gasteiger partial charge >= 0.3 is 0 Å². The Bertz CT molecular complexity index is 522. The highest BCUT2D eigenvalue weighted by Gasteiger charge is 2.05. The number of hydrogen-bond acceptors (Lipinski definition) is 4. The van der Waals surface area contributed by atoms with Gasteiger partial charge in [-0.2, -0.15) is 0 Å². The van der Waals surface area contributed by atoms with E-state index in [1.807, 2.05) is 19.2 Å². The third-order valence-corrected chi connectivity index (χ3v) is 3.73. The van der Waals surface area contributed by atoms with E-state index in [0.717, 1.165) is 23.0 Å². The fraction of sp³-hybridized carbons (Fsp3) is 0.357. The zero-order valence-corrected chi connectivity index (χ0v) is 11.8. The molecule has 1 aromatic carbocycles. The minimum Gasteiger partial charge on any atom is -0.486 e. The van der Waals surface area contributed by atoms with Crippen LogP contribution in [0.1, 0.15) is 21.8 Å². The summed E-state index contributed by atoms with van der Waals surface area (Å²) in [5.74, 6) is 0.945. The van der Waals surface area contributed by atoms with Gasteiger partial charge in [-0.05, 0) is 38.1 Å². The van der Waals surface area contributed by atoms with Gasteiger partial charge in [-0.3, -0.25) is 0 Å². The second-order valence-electron chi connectivity index (χ2n) is 4.25. The summed E-state index contributed by atoms with van der Waals surface area (Å²) in [4.78, 5) is 4.50. The molecule has 0 spiro atoms. The molecule has 0 amide bonds. The normalized spacial score (nSPS) is 10.6. The van der Waals surface area contributed by atoms with Crippen molar-refractivity contribution < 1.29 is 4.74 Å². The number of rotatable bonds is 5. The van der Waals surface area contributed by atoms with Crippen LogP contribution in [0.3, 0.4) is 0 Å². The summed E-state index contributed by atoms with van der Waals surface area (Å²) in [5.41, 5.74) is 3.52. The second kappa shape index (κ2) is 5.98. The predicted molar refractivity (Wildman–Crippen MR) is 75.1 cm³/mol. The molecule has 4 heteroatoms. The summed E-state index contributed by atoms with van der Waals surface area (Å²) >= 11 is 1.64. The first-order chi connectivity index (χ1) is 8.70. The van der Waals surface area contributed by atoms with Crippen LogP contribution in [0.15, 0.2) is 23.6 Å². The molecule has 2 aromatic rings. The number of aromatic nitrogens is 1. The van der Waals surface area contributed by atoms with Crippen molar-refractivity contribution in [3.63, 3.8) is 0 Å². The maximum absolute atomic E-state index is 5.82. The van der Waals surface area contributed by atoms with Crippen molar-refractivity contribution in [2.75, 3.05) is 7.05 Å². The predicted octanol–water partition coefficient (Wildman–Crippen LogP) is 3.06. The first-order valence-electron chi connectivity index (χ1n) is 5.97. The van der Waals surface area contributed by atoms with Gasteiger partial charge in [0.1, 0.15) is 17.4 Å². The fourth-order valence-corrected chi connectivity index (χ4v) is 2.40. The Balaban J connectivity index is 2.00. The lowest BCUT2D eigenvalue weighted by Crippen LogP contribution is -2.05. The van der Waals surface area contributed by atoms with Crippen LogP contribution in [-0.4, -0.2) is 12.0 Å². The topological polar surface area (TPSA) is 34.1 Å². The second-order valence-corrected chi connectivity index (χ2v) is 5.19. The van der Waals surface area contributed by atoms with Gasteiger partial charge in [-0.25, -0.2) is 4.98 Å². The maximum atomic E-state index is 5.82. The largest absolute Gasteiger partial charge is 0.486 e. The van der Waals surface area contributed by atoms with Crippen LogP contribution < -0.4 is 10.1 Å². The monoisotopic (exact) mass is 262 g/mol. The molecule has 1 heterocycles. The lowest BCUT2D eigenvalue weighted by molar-refractivity contribution is 0.303. The van der Waals surface area contributed by atoms with Crippen molar-refractivity contribution in [2.24, 2.45) is 0 Å². The number of nitrogens with one attached hydrogen (secondary N) is 1. The van der Waals surface area contributed by atoms with Gasteiger partial charge in [0.15, 0.2) is 0 Å². The van der Waals surface area contributed by atoms with Crippen molar-refractivity contribution >= 4 is 11.3 Å². The zero-order valence-electron chi connectivity index (χ0n) is 11.0. The highest BCUT2D eigenvalue weighted by atomic mass is 32.1. The highest BCUT2D eigenvalue weighted by molar-refractivity contribution is 7.09. The molecule has 0 saturated heterocycles. The molecule has 0 radical (unpaired) electrons. The molecule has 0 fully saturated rings. The van der Waals surface area contributed by atoms with Crippen LogP contribution in [-0.2, 0) is 13.2 Å². The van der Waals surface area contributed by atoms with Gasteiger partial charge in [0.05, 0.1) is 5.69 Å². The van der Waals surface area contributed by atoms with Crippen LogP contribution in [0, 0.1) is 13.8 Å². The lowest BCUT2D eigenvalue weighted by atomic mass is 10.1. The van der Waals surface area contributed by atoms with E-state index in [4.69, 9.17) is 4.74 Å². The molecule has 0 aliphatic rings. The average molecular weight is 262 g/mol. The van der Waals surface area contributed by atoms with Crippen molar-refractivity contribution in [2.45, 2.75) is 27.0 Å². The average Bonchev–Trinajstić information content (AvgIpc) is 2.79. The number of ether oxygens (including phenoxy) is 1. The quantitative estimate of drug-likeness (QED) is 0.899. The minimum absolute atomic E-state index is 0.540. The number of hydrogen-bond donors (Lipinski definition) is 1. The number of benzene rings is 1. The van der Waals surface area contributed by atoms with Crippen molar-refractivity contribution in [1.82, 2.24) is 10.3 Å². The molecular formula is C14H18N2OS. The third-order valence-electron chi connectivity index (χ3n) is 2.86. The van der Waals surface area contributed by atoms with Gasteiger partial charge in [0.2, 0.25) is 0 Å². The van der Waals surface area contributed by atoms with Crippen LogP contribution in [0.25, 0.3) is 0 Å². The van der Waals surface area contributed by atoms with Crippen molar-refractivity contribution in [3.05, 3.63) is 45.4 Å². The first kappa shape index (κ1) is 13.1. The van der Waals surface area contributed by atoms with Gasteiger partial charge in [-0.1, -0.05) is 12.1 Å². The number of thiazole rings is 1. The SMILES string of the molecule is CNCc1csc(COc2cccc(C)c2C)n1. The molecule has 0 unspecified atom stereocenters. The number of nitrogens with zero attached hydrogens (tertiary/aromatic N) is 1. The summed E-state index contributed by atoms with van der Waals surface area (Å²) in [6.07, 6.45) is 0. The molecule has 0 aliphatic carbocycles. The number of aryl methyl sites for hydroxylation is 1. The molecule has 2 rings (SSSR count). The fourth-order valence-electron chi connectivity index (χ4n) is 1.70. The Labute approximate surface area is 112 Å². The molecule has 0 bridgehead atoms. The highest BCUT2D eigenvalue weighted by Crippen LogP contribution is 2.22. The molecule has 3 nitrogen and oxygen atoms in total. The van der Waals surface area contributed by atoms with Gasteiger partial charge in [0.25, 0.3) is 0 Å². The van der Waals surface area contributed by atoms with E-state index in [9.17, 15) is 0 Å². The van der Waals surface area contributed by atoms with Crippen molar-refractivity contribution in [1.29, 1.82) is 0 Å². The molecule has 0 aliphatic heterocycles. The zero-order chi connectivity index (χ0) is 13.0. The minimum atomic E-state index is 0.540. The van der Waals surface area contributed by atoms with Crippen LogP contribution in [0.2, 0.25) is 0 Å². The van der Waals surface area contributed by atoms with Gasteiger partial charge in [-0.15, -0.1) is 11.3 Å². The summed E-state index contributed by atoms with van der Waals surface area (Å²) in [7, 11) is 1.92. The molecule has 1 aromatic heterocycles. The first-order valence-corrected chi connectivity index (χ1v) is 6.85. The molecular weight excluding hydrogens is 244 g/mol. The Kier molecular flexibility index (Phi) is 4.33. The van der Waals surface area contributed by atoms with Crippen LogP contribution in [0.4, 0.5) is 0 Å². The summed E-state index contributed by atoms with van der Waals surface area (Å²) in [6.45, 7) is 5.52. The Hall–Kier alpha value is -1.39. The summed E-state index contributed by atoms with van der Waals surface area (Å²) < 4.78 is 5.82. The Morgan fingerprint density at radius 3 is 2.94 bits per heavy atom. The molecule has 18 heavy (non-hydrogen) atoms. The van der Waals surface area contributed by atoms with Crippen molar-refractivity contribution in [3.8, 4) is 5.75 Å². The molecule has 1 N–H and O–H groups in total. The van der Waals surface area contributed by atoms with Crippen LogP contribution in [0.5, 0.6) is 5.75 Å².